The molecular weight excluding hydrogens is 228 g/mol. The van der Waals surface area contributed by atoms with E-state index in [4.69, 9.17) is 4.74 Å². The summed E-state index contributed by atoms with van der Waals surface area (Å²) >= 11 is 1.58. The van der Waals surface area contributed by atoms with Crippen molar-refractivity contribution in [1.82, 2.24) is 10.2 Å². The molecule has 1 rings (SSSR count). The molecule has 0 saturated carbocycles. The Balaban J connectivity index is 2.07. The summed E-state index contributed by atoms with van der Waals surface area (Å²) in [4.78, 5) is 1.72. The van der Waals surface area contributed by atoms with Gasteiger partial charge in [0.25, 0.3) is 0 Å². The topological polar surface area (TPSA) is 65.0 Å². The zero-order valence-corrected chi connectivity index (χ0v) is 10.6. The van der Waals surface area contributed by atoms with Crippen molar-refractivity contribution in [1.29, 1.82) is 0 Å². The van der Waals surface area contributed by atoms with Crippen LogP contribution in [0.3, 0.4) is 0 Å². The number of methoxy groups -OCH3 is 1. The first-order valence-corrected chi connectivity index (χ1v) is 6.79. The fourth-order valence-electron chi connectivity index (χ4n) is 1.63. The molecule has 0 aromatic heterocycles. The highest BCUT2D eigenvalue weighted by Crippen LogP contribution is 2.21. The zero-order chi connectivity index (χ0) is 11.9. The average molecular weight is 250 g/mol. The minimum atomic E-state index is -1.63. The van der Waals surface area contributed by atoms with Crippen LogP contribution in [0.25, 0.3) is 0 Å². The SMILES string of the molecule is COCCCNCCN1CCSCC1(O)O. The van der Waals surface area contributed by atoms with Gasteiger partial charge in [0, 0.05) is 39.1 Å². The number of nitrogens with zero attached hydrogens (tertiary/aromatic N) is 1. The van der Waals surface area contributed by atoms with Gasteiger partial charge in [-0.25, -0.2) is 4.90 Å². The number of nitrogens with one attached hydrogen (secondary N) is 1. The van der Waals surface area contributed by atoms with Crippen molar-refractivity contribution in [2.75, 3.05) is 51.4 Å². The standard InChI is InChI=1S/C10H22N2O3S/c1-15-7-2-3-11-4-5-12-6-8-16-9-10(12,13)14/h11,13-14H,2-9H2,1H3. The van der Waals surface area contributed by atoms with E-state index in [0.717, 1.165) is 38.4 Å². The molecule has 1 aliphatic rings. The van der Waals surface area contributed by atoms with E-state index in [1.54, 1.807) is 23.8 Å². The summed E-state index contributed by atoms with van der Waals surface area (Å²) in [6.07, 6.45) is 0.982. The number of ether oxygens (including phenoxy) is 1. The summed E-state index contributed by atoms with van der Waals surface area (Å²) in [6.45, 7) is 3.84. The van der Waals surface area contributed by atoms with E-state index in [0.29, 0.717) is 12.3 Å². The van der Waals surface area contributed by atoms with Crippen molar-refractivity contribution in [3.05, 3.63) is 0 Å². The Kier molecular flexibility index (Phi) is 6.64. The summed E-state index contributed by atoms with van der Waals surface area (Å²) in [5, 5.41) is 22.6. The Bertz CT molecular complexity index is 193. The molecule has 0 radical (unpaired) electrons. The maximum atomic E-state index is 9.69. The van der Waals surface area contributed by atoms with E-state index < -0.39 is 5.91 Å². The van der Waals surface area contributed by atoms with Gasteiger partial charge in [0.1, 0.15) is 0 Å². The molecule has 5 nitrogen and oxygen atoms in total. The lowest BCUT2D eigenvalue weighted by Gasteiger charge is -2.38. The van der Waals surface area contributed by atoms with Gasteiger partial charge >= 0.3 is 0 Å². The zero-order valence-electron chi connectivity index (χ0n) is 9.81. The van der Waals surface area contributed by atoms with Gasteiger partial charge in [-0.2, -0.15) is 11.8 Å². The number of hydrogen-bond acceptors (Lipinski definition) is 6. The van der Waals surface area contributed by atoms with Crippen molar-refractivity contribution >= 4 is 11.8 Å². The van der Waals surface area contributed by atoms with Crippen LogP contribution in [0.2, 0.25) is 0 Å². The van der Waals surface area contributed by atoms with E-state index in [2.05, 4.69) is 5.32 Å². The van der Waals surface area contributed by atoms with Gasteiger partial charge in [-0.05, 0) is 13.0 Å². The molecule has 0 aromatic rings. The van der Waals surface area contributed by atoms with Gasteiger partial charge in [-0.1, -0.05) is 0 Å². The second-order valence-electron chi connectivity index (χ2n) is 3.91. The van der Waals surface area contributed by atoms with Crippen LogP contribution in [0.1, 0.15) is 6.42 Å². The molecule has 0 unspecified atom stereocenters. The quantitative estimate of drug-likeness (QED) is 0.410. The summed E-state index contributed by atoms with van der Waals surface area (Å²) in [6, 6.07) is 0. The van der Waals surface area contributed by atoms with E-state index in [-0.39, 0.29) is 0 Å². The van der Waals surface area contributed by atoms with Crippen molar-refractivity contribution in [3.63, 3.8) is 0 Å². The maximum Gasteiger partial charge on any atom is 0.234 e. The summed E-state index contributed by atoms with van der Waals surface area (Å²) < 4.78 is 4.94. The Hall–Kier alpha value is 0.150. The number of rotatable bonds is 7. The predicted molar refractivity (Wildman–Crippen MR) is 65.4 cm³/mol. The molecule has 0 spiro atoms. The highest BCUT2D eigenvalue weighted by molar-refractivity contribution is 7.99. The van der Waals surface area contributed by atoms with Gasteiger partial charge in [0.2, 0.25) is 5.91 Å². The van der Waals surface area contributed by atoms with Crippen molar-refractivity contribution in [2.45, 2.75) is 12.3 Å². The van der Waals surface area contributed by atoms with Crippen molar-refractivity contribution < 1.29 is 14.9 Å². The largest absolute Gasteiger partial charge is 0.385 e. The van der Waals surface area contributed by atoms with Gasteiger partial charge in [-0.15, -0.1) is 0 Å². The highest BCUT2D eigenvalue weighted by atomic mass is 32.2. The van der Waals surface area contributed by atoms with Gasteiger partial charge in [0.05, 0.1) is 5.75 Å². The fourth-order valence-corrected chi connectivity index (χ4v) is 2.58. The van der Waals surface area contributed by atoms with Crippen molar-refractivity contribution in [2.24, 2.45) is 0 Å². The van der Waals surface area contributed by atoms with E-state index in [1.807, 2.05) is 0 Å². The molecule has 0 aliphatic carbocycles. The Labute approximate surface area is 101 Å². The van der Waals surface area contributed by atoms with Gasteiger partial charge in [0.15, 0.2) is 0 Å². The van der Waals surface area contributed by atoms with E-state index in [1.165, 1.54) is 0 Å². The highest BCUT2D eigenvalue weighted by Gasteiger charge is 2.34. The monoisotopic (exact) mass is 250 g/mol. The lowest BCUT2D eigenvalue weighted by Crippen LogP contribution is -2.56. The first kappa shape index (κ1) is 14.2. The second-order valence-corrected chi connectivity index (χ2v) is 5.02. The molecule has 0 aromatic carbocycles. The third kappa shape index (κ3) is 4.99. The van der Waals surface area contributed by atoms with Crippen LogP contribution in [0.15, 0.2) is 0 Å². The molecule has 0 atom stereocenters. The first-order valence-electron chi connectivity index (χ1n) is 5.64. The Morgan fingerprint density at radius 2 is 2.25 bits per heavy atom. The van der Waals surface area contributed by atoms with E-state index in [9.17, 15) is 10.2 Å². The molecule has 1 fully saturated rings. The molecule has 96 valence electrons. The molecule has 6 heteroatoms. The number of aliphatic hydroxyl groups is 2. The van der Waals surface area contributed by atoms with Crippen LogP contribution in [-0.2, 0) is 4.74 Å². The lowest BCUT2D eigenvalue weighted by molar-refractivity contribution is -0.246. The molecular formula is C10H22N2O3S. The summed E-state index contributed by atoms with van der Waals surface area (Å²) in [5.74, 6) is -0.291. The average Bonchev–Trinajstić information content (AvgIpc) is 2.25. The summed E-state index contributed by atoms with van der Waals surface area (Å²) in [5.41, 5.74) is 0. The molecule has 0 amide bonds. The third-order valence-electron chi connectivity index (χ3n) is 2.57. The number of thioether (sulfide) groups is 1. The minimum Gasteiger partial charge on any atom is -0.385 e. The van der Waals surface area contributed by atoms with Crippen molar-refractivity contribution in [3.8, 4) is 0 Å². The predicted octanol–water partition coefficient (Wildman–Crippen LogP) is -0.700. The smallest absolute Gasteiger partial charge is 0.234 e. The molecule has 1 heterocycles. The number of hydrogen-bond donors (Lipinski definition) is 3. The van der Waals surface area contributed by atoms with E-state index >= 15 is 0 Å². The molecule has 0 bridgehead atoms. The Morgan fingerprint density at radius 1 is 1.44 bits per heavy atom. The molecule has 1 saturated heterocycles. The van der Waals surface area contributed by atoms with Crippen LogP contribution in [0.4, 0.5) is 0 Å². The minimum absolute atomic E-state index is 0.372. The van der Waals surface area contributed by atoms with Crippen LogP contribution in [0, 0.1) is 0 Å². The first-order chi connectivity index (χ1) is 7.67. The third-order valence-corrected chi connectivity index (χ3v) is 3.63. The van der Waals surface area contributed by atoms with Gasteiger partial charge in [-0.3, -0.25) is 0 Å². The normalized spacial score (nSPS) is 21.2. The molecule has 3 N–H and O–H groups in total. The molecule has 1 aliphatic heterocycles. The molecule has 16 heavy (non-hydrogen) atoms. The maximum absolute atomic E-state index is 9.69. The Morgan fingerprint density at radius 3 is 2.94 bits per heavy atom. The second kappa shape index (κ2) is 7.47. The van der Waals surface area contributed by atoms with Crippen LogP contribution in [0.5, 0.6) is 0 Å². The van der Waals surface area contributed by atoms with Crippen LogP contribution >= 0.6 is 11.8 Å². The fraction of sp³-hybridized carbons (Fsp3) is 1.00. The lowest BCUT2D eigenvalue weighted by atomic mass is 10.3. The van der Waals surface area contributed by atoms with Crippen LogP contribution < -0.4 is 5.32 Å². The van der Waals surface area contributed by atoms with Crippen LogP contribution in [-0.4, -0.2) is 72.4 Å². The summed E-state index contributed by atoms with van der Waals surface area (Å²) in [7, 11) is 1.69. The van der Waals surface area contributed by atoms with Gasteiger partial charge < -0.3 is 20.3 Å².